The van der Waals surface area contributed by atoms with Gasteiger partial charge in [0.1, 0.15) is 0 Å². The normalized spacial score (nSPS) is 22.4. The Morgan fingerprint density at radius 3 is 1.95 bits per heavy atom. The Kier molecular flexibility index (Phi) is 4.81. The molecule has 1 N–H and O–H groups in total. The molecule has 22 heavy (non-hydrogen) atoms. The van der Waals surface area contributed by atoms with E-state index in [1.807, 2.05) is 60.7 Å². The van der Waals surface area contributed by atoms with Crippen molar-refractivity contribution in [2.75, 3.05) is 0 Å². The summed E-state index contributed by atoms with van der Waals surface area (Å²) in [6, 6.07) is 20.1. The highest BCUT2D eigenvalue weighted by Gasteiger charge is 2.31. The van der Waals surface area contributed by atoms with E-state index in [0.717, 1.165) is 23.5 Å². The van der Waals surface area contributed by atoms with Crippen molar-refractivity contribution in [1.29, 1.82) is 0 Å². The summed E-state index contributed by atoms with van der Waals surface area (Å²) in [7, 11) is -2.77. The molecule has 0 aromatic heterocycles. The lowest BCUT2D eigenvalue weighted by Crippen LogP contribution is -2.37. The fourth-order valence-electron chi connectivity index (χ4n) is 3.38. The summed E-state index contributed by atoms with van der Waals surface area (Å²) >= 11 is 0. The molecule has 2 aromatic rings. The molecule has 2 aromatic carbocycles. The molecule has 0 unspecified atom stereocenters. The second-order valence-corrected chi connectivity index (χ2v) is 8.89. The van der Waals surface area contributed by atoms with E-state index in [4.69, 9.17) is 0 Å². The van der Waals surface area contributed by atoms with Gasteiger partial charge in [0, 0.05) is 16.7 Å². The second kappa shape index (κ2) is 6.81. The first-order chi connectivity index (χ1) is 10.7. The predicted molar refractivity (Wildman–Crippen MR) is 94.3 cm³/mol. The maximum Gasteiger partial charge on any atom is 0.204 e. The third-order valence-corrected chi connectivity index (χ3v) is 7.32. The third kappa shape index (κ3) is 3.34. The smallest absolute Gasteiger partial charge is 0.204 e. The van der Waals surface area contributed by atoms with Crippen LogP contribution in [0, 0.1) is 5.92 Å². The number of nitrogens with one attached hydrogen (secondary N) is 1. The van der Waals surface area contributed by atoms with Crippen molar-refractivity contribution in [3.63, 3.8) is 0 Å². The van der Waals surface area contributed by atoms with Crippen LogP contribution in [0.15, 0.2) is 60.7 Å². The minimum absolute atomic E-state index is 0.343. The molecular formula is C19H24NOP. The Hall–Kier alpha value is -1.37. The van der Waals surface area contributed by atoms with Crippen molar-refractivity contribution in [3.05, 3.63) is 60.7 Å². The minimum atomic E-state index is -2.77. The number of hydrogen-bond donors (Lipinski definition) is 1. The Bertz CT molecular complexity index is 597. The van der Waals surface area contributed by atoms with Crippen molar-refractivity contribution >= 4 is 17.9 Å². The Morgan fingerprint density at radius 2 is 1.45 bits per heavy atom. The van der Waals surface area contributed by atoms with Gasteiger partial charge in [-0.25, -0.2) is 0 Å². The van der Waals surface area contributed by atoms with Crippen LogP contribution in [0.25, 0.3) is 0 Å². The van der Waals surface area contributed by atoms with Crippen LogP contribution in [-0.4, -0.2) is 6.04 Å². The van der Waals surface area contributed by atoms with Crippen LogP contribution in [0.5, 0.6) is 0 Å². The molecule has 1 aliphatic rings. The van der Waals surface area contributed by atoms with Crippen molar-refractivity contribution in [1.82, 2.24) is 5.09 Å². The molecule has 1 aliphatic carbocycles. The molecule has 3 rings (SSSR count). The molecule has 116 valence electrons. The SMILES string of the molecule is C[C@H]1CCC[C@@H](NP(=O)(c2ccccc2)c2ccccc2)C1. The fraction of sp³-hybridized carbons (Fsp3) is 0.368. The average molecular weight is 313 g/mol. The summed E-state index contributed by atoms with van der Waals surface area (Å²) in [5.41, 5.74) is 0. The van der Waals surface area contributed by atoms with E-state index in [1.54, 1.807) is 0 Å². The first-order valence-corrected chi connectivity index (χ1v) is 9.88. The Labute approximate surface area is 133 Å². The summed E-state index contributed by atoms with van der Waals surface area (Å²) in [5, 5.41) is 5.36. The van der Waals surface area contributed by atoms with Gasteiger partial charge in [-0.1, -0.05) is 56.2 Å². The Morgan fingerprint density at radius 1 is 0.909 bits per heavy atom. The van der Waals surface area contributed by atoms with E-state index in [0.29, 0.717) is 12.0 Å². The molecule has 1 fully saturated rings. The van der Waals surface area contributed by atoms with Crippen molar-refractivity contribution < 1.29 is 4.57 Å². The lowest BCUT2D eigenvalue weighted by Gasteiger charge is -2.32. The van der Waals surface area contributed by atoms with E-state index in [9.17, 15) is 4.57 Å². The quantitative estimate of drug-likeness (QED) is 0.862. The minimum Gasteiger partial charge on any atom is -0.297 e. The molecule has 0 saturated heterocycles. The Balaban J connectivity index is 1.95. The van der Waals surface area contributed by atoms with E-state index in [1.165, 1.54) is 12.8 Å². The highest BCUT2D eigenvalue weighted by molar-refractivity contribution is 7.76. The van der Waals surface area contributed by atoms with E-state index < -0.39 is 7.29 Å². The van der Waals surface area contributed by atoms with Crippen LogP contribution in [0.3, 0.4) is 0 Å². The van der Waals surface area contributed by atoms with Gasteiger partial charge in [0.25, 0.3) is 0 Å². The molecule has 0 aliphatic heterocycles. The van der Waals surface area contributed by atoms with Gasteiger partial charge >= 0.3 is 0 Å². The predicted octanol–water partition coefficient (Wildman–Crippen LogP) is 4.08. The molecule has 2 atom stereocenters. The zero-order chi connectivity index (χ0) is 15.4. The lowest BCUT2D eigenvalue weighted by atomic mass is 9.88. The van der Waals surface area contributed by atoms with Crippen molar-refractivity contribution in [2.45, 2.75) is 38.6 Å². The highest BCUT2D eigenvalue weighted by atomic mass is 31.2. The fourth-order valence-corrected chi connectivity index (χ4v) is 5.91. The van der Waals surface area contributed by atoms with Crippen LogP contribution in [0.1, 0.15) is 32.6 Å². The van der Waals surface area contributed by atoms with Crippen LogP contribution in [0.4, 0.5) is 0 Å². The van der Waals surface area contributed by atoms with Crippen LogP contribution in [0.2, 0.25) is 0 Å². The topological polar surface area (TPSA) is 29.1 Å². The van der Waals surface area contributed by atoms with E-state index in [2.05, 4.69) is 12.0 Å². The maximum atomic E-state index is 13.9. The van der Waals surface area contributed by atoms with E-state index in [-0.39, 0.29) is 0 Å². The van der Waals surface area contributed by atoms with Gasteiger partial charge < -0.3 is 0 Å². The summed E-state index contributed by atoms with van der Waals surface area (Å²) < 4.78 is 13.9. The van der Waals surface area contributed by atoms with Gasteiger partial charge in [0.2, 0.25) is 7.29 Å². The van der Waals surface area contributed by atoms with Gasteiger partial charge in [-0.2, -0.15) is 0 Å². The zero-order valence-corrected chi connectivity index (χ0v) is 14.0. The molecule has 0 spiro atoms. The molecular weight excluding hydrogens is 289 g/mol. The van der Waals surface area contributed by atoms with Crippen LogP contribution < -0.4 is 15.7 Å². The average Bonchev–Trinajstić information content (AvgIpc) is 2.56. The highest BCUT2D eigenvalue weighted by Crippen LogP contribution is 2.41. The van der Waals surface area contributed by atoms with Gasteiger partial charge in [0.05, 0.1) is 0 Å². The summed E-state index contributed by atoms with van der Waals surface area (Å²) in [5.74, 6) is 0.714. The zero-order valence-electron chi connectivity index (χ0n) is 13.1. The molecule has 0 bridgehead atoms. The molecule has 0 radical (unpaired) electrons. The van der Waals surface area contributed by atoms with Gasteiger partial charge in [-0.15, -0.1) is 0 Å². The summed E-state index contributed by atoms with van der Waals surface area (Å²) in [4.78, 5) is 0. The summed E-state index contributed by atoms with van der Waals surface area (Å²) in [6.07, 6.45) is 4.75. The first-order valence-electron chi connectivity index (χ1n) is 8.17. The molecule has 0 amide bonds. The largest absolute Gasteiger partial charge is 0.297 e. The van der Waals surface area contributed by atoms with Crippen molar-refractivity contribution in [2.24, 2.45) is 5.92 Å². The molecule has 0 heterocycles. The van der Waals surface area contributed by atoms with Crippen LogP contribution >= 0.6 is 7.29 Å². The molecule has 3 heteroatoms. The number of hydrogen-bond acceptors (Lipinski definition) is 1. The first kappa shape index (κ1) is 15.5. The number of rotatable bonds is 4. The molecule has 2 nitrogen and oxygen atoms in total. The summed E-state index contributed by atoms with van der Waals surface area (Å²) in [6.45, 7) is 2.30. The second-order valence-electron chi connectivity index (χ2n) is 6.38. The van der Waals surface area contributed by atoms with Gasteiger partial charge in [-0.3, -0.25) is 9.65 Å². The van der Waals surface area contributed by atoms with Crippen molar-refractivity contribution in [3.8, 4) is 0 Å². The van der Waals surface area contributed by atoms with Crippen LogP contribution in [-0.2, 0) is 4.57 Å². The standard InChI is InChI=1S/C19H24NOP/c1-16-9-8-10-17(15-16)20-22(21,18-11-4-2-5-12-18)19-13-6-3-7-14-19/h2-7,11-14,16-17H,8-10,15H2,1H3,(H,20,21)/t16-,17+/m0/s1. The number of benzene rings is 2. The van der Waals surface area contributed by atoms with Gasteiger partial charge in [0.15, 0.2) is 0 Å². The third-order valence-electron chi connectivity index (χ3n) is 4.54. The van der Waals surface area contributed by atoms with E-state index >= 15 is 0 Å². The van der Waals surface area contributed by atoms with Gasteiger partial charge in [-0.05, 0) is 43.0 Å². The lowest BCUT2D eigenvalue weighted by molar-refractivity contribution is 0.328. The monoisotopic (exact) mass is 313 g/mol. The molecule has 1 saturated carbocycles. The maximum absolute atomic E-state index is 13.9.